The summed E-state index contributed by atoms with van der Waals surface area (Å²) < 4.78 is 54.5. The maximum Gasteiger partial charge on any atom is 0.319 e. The summed E-state index contributed by atoms with van der Waals surface area (Å²) in [5.74, 6) is -1.23. The number of carbonyl (C=O) groups is 1. The third-order valence-electron chi connectivity index (χ3n) is 8.21. The van der Waals surface area contributed by atoms with Gasteiger partial charge in [0.25, 0.3) is 15.9 Å². The molecule has 15 heteroatoms. The maximum absolute atomic E-state index is 13.6. The summed E-state index contributed by atoms with van der Waals surface area (Å²) in [7, 11) is -3.83. The van der Waals surface area contributed by atoms with Gasteiger partial charge in [-0.25, -0.2) is 17.4 Å². The third-order valence-corrected chi connectivity index (χ3v) is 10.2. The van der Waals surface area contributed by atoms with E-state index >= 15 is 0 Å². The fourth-order valence-electron chi connectivity index (χ4n) is 6.09. The van der Waals surface area contributed by atoms with Crippen molar-refractivity contribution in [3.05, 3.63) is 77.3 Å². The van der Waals surface area contributed by atoms with E-state index in [0.717, 1.165) is 16.5 Å². The highest BCUT2D eigenvalue weighted by molar-refractivity contribution is 7.90. The molecule has 5 aromatic rings. The molecule has 2 saturated heterocycles. The lowest BCUT2D eigenvalue weighted by atomic mass is 10.1. The van der Waals surface area contributed by atoms with Crippen LogP contribution in [0.25, 0.3) is 22.1 Å². The molecule has 13 nitrogen and oxygen atoms in total. The minimum Gasteiger partial charge on any atom is -0.463 e. The number of para-hydroxylation sites is 1. The van der Waals surface area contributed by atoms with Gasteiger partial charge < -0.3 is 24.3 Å². The number of amides is 1. The van der Waals surface area contributed by atoms with E-state index in [9.17, 15) is 13.2 Å². The molecule has 47 heavy (non-hydrogen) atoms. The Morgan fingerprint density at radius 2 is 1.83 bits per heavy atom. The van der Waals surface area contributed by atoms with Crippen molar-refractivity contribution in [2.45, 2.75) is 69.3 Å². The Kier molecular flexibility index (Phi) is 7.96. The molecular weight excluding hydrogens is 648 g/mol. The van der Waals surface area contributed by atoms with E-state index in [1.165, 1.54) is 10.3 Å². The first-order chi connectivity index (χ1) is 22.5. The maximum atomic E-state index is 13.6. The second-order valence-electron chi connectivity index (χ2n) is 11.9. The number of benzene rings is 2. The number of likely N-dealkylation sites (N-methyl/N-ethyl adjacent to an activating group) is 1. The van der Waals surface area contributed by atoms with E-state index in [1.54, 1.807) is 61.0 Å². The van der Waals surface area contributed by atoms with Gasteiger partial charge in [-0.2, -0.15) is 9.97 Å². The van der Waals surface area contributed by atoms with Gasteiger partial charge in [-0.3, -0.25) is 9.36 Å². The van der Waals surface area contributed by atoms with Gasteiger partial charge in [0.2, 0.25) is 0 Å². The van der Waals surface area contributed by atoms with Crippen molar-refractivity contribution in [3.8, 4) is 6.01 Å². The van der Waals surface area contributed by atoms with Gasteiger partial charge in [0.05, 0.1) is 23.3 Å². The quantitative estimate of drug-likeness (QED) is 0.225. The van der Waals surface area contributed by atoms with E-state index < -0.39 is 40.4 Å². The number of hydrogen-bond acceptors (Lipinski definition) is 10. The Labute approximate surface area is 275 Å². The molecule has 1 amide bonds. The van der Waals surface area contributed by atoms with Crippen molar-refractivity contribution in [2.24, 2.45) is 0 Å². The van der Waals surface area contributed by atoms with Gasteiger partial charge in [0.1, 0.15) is 17.7 Å². The number of aryl methyl sites for hydroxylation is 1. The number of rotatable bonds is 9. The summed E-state index contributed by atoms with van der Waals surface area (Å²) in [6, 6.07) is 14.1. The normalized spacial score (nSPS) is 22.1. The van der Waals surface area contributed by atoms with Crippen LogP contribution in [0.5, 0.6) is 6.01 Å². The van der Waals surface area contributed by atoms with Gasteiger partial charge in [0, 0.05) is 24.5 Å². The Bertz CT molecular complexity index is 2100. The standard InChI is InChI=1S/C32H33ClN6O7S/c1-5-34-29(40)25-24-26(46-32(3,4)45-24)30(44-25)38-17-35-23-27(33)36-31(37-28(23)38)43-15-14-19-16-39(22-9-7-6-8-21(19)22)47(41,42)20-12-10-18(2)11-13-20/h6-13,16-17,24-26,30H,5,14-15H2,1-4H3,(H,34,40)/t24-,25+,26-,30-/m1/s1. The molecule has 5 heterocycles. The molecule has 2 aliphatic rings. The predicted octanol–water partition coefficient (Wildman–Crippen LogP) is 4.15. The third kappa shape index (κ3) is 5.63. The Balaban J connectivity index is 1.14. The Hall–Kier alpha value is -4.08. The van der Waals surface area contributed by atoms with Crippen molar-refractivity contribution in [1.82, 2.24) is 28.8 Å². The first-order valence-electron chi connectivity index (χ1n) is 15.2. The summed E-state index contributed by atoms with van der Waals surface area (Å²) in [6.07, 6.45) is 0.521. The monoisotopic (exact) mass is 680 g/mol. The largest absolute Gasteiger partial charge is 0.463 e. The minimum atomic E-state index is -3.83. The fraction of sp³-hybridized carbons (Fsp3) is 0.375. The molecule has 2 aromatic carbocycles. The molecule has 2 fully saturated rings. The summed E-state index contributed by atoms with van der Waals surface area (Å²) in [4.78, 5) is 26.3. The van der Waals surface area contributed by atoms with Crippen molar-refractivity contribution >= 4 is 49.6 Å². The fourth-order valence-corrected chi connectivity index (χ4v) is 7.69. The van der Waals surface area contributed by atoms with Crippen molar-refractivity contribution in [3.63, 3.8) is 0 Å². The number of imidazole rings is 1. The van der Waals surface area contributed by atoms with E-state index in [1.807, 2.05) is 26.0 Å². The van der Waals surface area contributed by atoms with E-state index in [-0.39, 0.29) is 28.6 Å². The molecule has 0 unspecified atom stereocenters. The summed E-state index contributed by atoms with van der Waals surface area (Å²) in [5.41, 5.74) is 2.96. The smallest absolute Gasteiger partial charge is 0.319 e. The average Bonchev–Trinajstić information content (AvgIpc) is 3.78. The Morgan fingerprint density at radius 3 is 2.60 bits per heavy atom. The summed E-state index contributed by atoms with van der Waals surface area (Å²) >= 11 is 6.52. The lowest BCUT2D eigenvalue weighted by molar-refractivity contribution is -0.197. The highest BCUT2D eigenvalue weighted by Gasteiger charge is 2.58. The predicted molar refractivity (Wildman–Crippen MR) is 172 cm³/mol. The number of fused-ring (bicyclic) bond motifs is 3. The molecule has 0 aliphatic carbocycles. The molecule has 0 saturated carbocycles. The van der Waals surface area contributed by atoms with Gasteiger partial charge in [-0.05, 0) is 51.5 Å². The Morgan fingerprint density at radius 1 is 1.09 bits per heavy atom. The second-order valence-corrected chi connectivity index (χ2v) is 14.1. The minimum absolute atomic E-state index is 0.000918. The van der Waals surface area contributed by atoms with Crippen molar-refractivity contribution in [1.29, 1.82) is 0 Å². The van der Waals surface area contributed by atoms with Crippen molar-refractivity contribution in [2.75, 3.05) is 13.2 Å². The molecule has 3 aromatic heterocycles. The molecular formula is C32H33ClN6O7S. The van der Waals surface area contributed by atoms with Gasteiger partial charge >= 0.3 is 6.01 Å². The van der Waals surface area contributed by atoms with Gasteiger partial charge in [-0.15, -0.1) is 0 Å². The number of aromatic nitrogens is 5. The van der Waals surface area contributed by atoms with E-state index in [4.69, 9.17) is 30.5 Å². The molecule has 0 spiro atoms. The number of halogens is 1. The van der Waals surface area contributed by atoms with Crippen LogP contribution in [0.4, 0.5) is 0 Å². The zero-order chi connectivity index (χ0) is 33.1. The van der Waals surface area contributed by atoms with Crippen LogP contribution in [-0.2, 0) is 35.4 Å². The highest BCUT2D eigenvalue weighted by atomic mass is 35.5. The van der Waals surface area contributed by atoms with Crippen LogP contribution >= 0.6 is 11.6 Å². The lowest BCUT2D eigenvalue weighted by Gasteiger charge is -2.24. The second kappa shape index (κ2) is 11.9. The van der Waals surface area contributed by atoms with Crippen LogP contribution in [0.3, 0.4) is 0 Å². The molecule has 0 radical (unpaired) electrons. The number of hydrogen-bond donors (Lipinski definition) is 1. The first kappa shape index (κ1) is 31.5. The highest BCUT2D eigenvalue weighted by Crippen LogP contribution is 2.44. The lowest BCUT2D eigenvalue weighted by Crippen LogP contribution is -2.42. The SMILES string of the molecule is CCNC(=O)[C@H]1O[C@@H](n2cnc3c(Cl)nc(OCCc4cn(S(=O)(=O)c5ccc(C)cc5)c5ccccc45)nc32)[C@@H]2OC(C)(C)O[C@@H]21. The topological polar surface area (TPSA) is 149 Å². The first-order valence-corrected chi connectivity index (χ1v) is 17.0. The van der Waals surface area contributed by atoms with Gasteiger partial charge in [-0.1, -0.05) is 47.5 Å². The molecule has 246 valence electrons. The zero-order valence-electron chi connectivity index (χ0n) is 26.1. The summed E-state index contributed by atoms with van der Waals surface area (Å²) in [5, 5.41) is 3.65. The molecule has 2 aliphatic heterocycles. The molecule has 1 N–H and O–H groups in total. The van der Waals surface area contributed by atoms with E-state index in [2.05, 4.69) is 20.3 Å². The van der Waals surface area contributed by atoms with Crippen molar-refractivity contribution < 1.29 is 32.2 Å². The summed E-state index contributed by atoms with van der Waals surface area (Å²) in [6.45, 7) is 7.86. The van der Waals surface area contributed by atoms with Crippen LogP contribution in [0, 0.1) is 6.92 Å². The molecule has 7 rings (SSSR count). The zero-order valence-corrected chi connectivity index (χ0v) is 27.7. The van der Waals surface area contributed by atoms with Crippen LogP contribution in [-0.4, -0.2) is 75.1 Å². The van der Waals surface area contributed by atoms with Gasteiger partial charge in [0.15, 0.2) is 28.9 Å². The van der Waals surface area contributed by atoms with Crippen LogP contribution in [0.1, 0.15) is 38.1 Å². The number of nitrogens with zero attached hydrogens (tertiary/aromatic N) is 5. The average molecular weight is 681 g/mol. The number of ether oxygens (including phenoxy) is 4. The number of nitrogens with one attached hydrogen (secondary N) is 1. The van der Waals surface area contributed by atoms with Crippen LogP contribution in [0.15, 0.2) is 66.0 Å². The molecule has 4 atom stereocenters. The van der Waals surface area contributed by atoms with Crippen LogP contribution < -0.4 is 10.1 Å². The van der Waals surface area contributed by atoms with Crippen LogP contribution in [0.2, 0.25) is 5.15 Å². The van der Waals surface area contributed by atoms with E-state index in [0.29, 0.717) is 29.6 Å². The molecule has 0 bridgehead atoms. The number of carbonyl (C=O) groups excluding carboxylic acids is 1.